The van der Waals surface area contributed by atoms with Crippen molar-refractivity contribution in [3.63, 3.8) is 0 Å². The van der Waals surface area contributed by atoms with Gasteiger partial charge in [0, 0.05) is 24.7 Å². The van der Waals surface area contributed by atoms with Crippen molar-refractivity contribution in [3.8, 4) is 11.5 Å². The summed E-state index contributed by atoms with van der Waals surface area (Å²) in [5.41, 5.74) is 1.04. The second-order valence-corrected chi connectivity index (χ2v) is 6.43. The van der Waals surface area contributed by atoms with Gasteiger partial charge in [-0.1, -0.05) is 13.8 Å². The van der Waals surface area contributed by atoms with E-state index in [1.165, 1.54) is 0 Å². The Kier molecular flexibility index (Phi) is 5.84. The molecule has 0 radical (unpaired) electrons. The second-order valence-electron chi connectivity index (χ2n) is 6.43. The number of hydrogen-bond donors (Lipinski definition) is 2. The van der Waals surface area contributed by atoms with Crippen LogP contribution in [0.4, 0.5) is 0 Å². The quantitative estimate of drug-likeness (QED) is 0.806. The van der Waals surface area contributed by atoms with Gasteiger partial charge in [-0.3, -0.25) is 0 Å². The van der Waals surface area contributed by atoms with Gasteiger partial charge in [0.15, 0.2) is 0 Å². The third-order valence-corrected chi connectivity index (χ3v) is 3.33. The number of aromatic hydroxyl groups is 1. The van der Waals surface area contributed by atoms with Crippen molar-refractivity contribution in [1.29, 1.82) is 0 Å². The number of nitrogens with one attached hydrogen (secondary N) is 1. The highest BCUT2D eigenvalue weighted by Gasteiger charge is 2.20. The van der Waals surface area contributed by atoms with Gasteiger partial charge in [0.25, 0.3) is 0 Å². The van der Waals surface area contributed by atoms with Gasteiger partial charge in [-0.15, -0.1) is 0 Å². The summed E-state index contributed by atoms with van der Waals surface area (Å²) in [4.78, 5) is 2.19. The predicted molar refractivity (Wildman–Crippen MR) is 83.4 cm³/mol. The zero-order valence-electron chi connectivity index (χ0n) is 13.5. The lowest BCUT2D eigenvalue weighted by Gasteiger charge is -2.30. The average Bonchev–Trinajstić information content (AvgIpc) is 2.35. The van der Waals surface area contributed by atoms with Gasteiger partial charge in [0.05, 0.1) is 7.11 Å². The van der Waals surface area contributed by atoms with Crippen LogP contribution in [0, 0.1) is 5.41 Å². The molecule has 0 aliphatic heterocycles. The van der Waals surface area contributed by atoms with Crippen molar-refractivity contribution in [3.05, 3.63) is 23.8 Å². The summed E-state index contributed by atoms with van der Waals surface area (Å²) < 4.78 is 5.21. The van der Waals surface area contributed by atoms with E-state index in [-0.39, 0.29) is 11.5 Å². The van der Waals surface area contributed by atoms with Gasteiger partial charge in [-0.25, -0.2) is 0 Å². The second kappa shape index (κ2) is 6.95. The minimum absolute atomic E-state index is 0.0755. The first-order valence-corrected chi connectivity index (χ1v) is 7.00. The maximum Gasteiger partial charge on any atom is 0.120 e. The smallest absolute Gasteiger partial charge is 0.120 e. The fourth-order valence-electron chi connectivity index (χ4n) is 2.46. The maximum absolute atomic E-state index is 9.97. The van der Waals surface area contributed by atoms with E-state index in [1.807, 2.05) is 6.07 Å². The van der Waals surface area contributed by atoms with Crippen LogP contribution in [0.25, 0.3) is 0 Å². The van der Waals surface area contributed by atoms with Crippen LogP contribution in [0.1, 0.15) is 32.4 Å². The van der Waals surface area contributed by atoms with E-state index >= 15 is 0 Å². The third-order valence-electron chi connectivity index (χ3n) is 3.33. The summed E-state index contributed by atoms with van der Waals surface area (Å²) in [6.07, 6.45) is 0. The van der Waals surface area contributed by atoms with Crippen molar-refractivity contribution < 1.29 is 9.84 Å². The van der Waals surface area contributed by atoms with Crippen LogP contribution in [0.15, 0.2) is 18.2 Å². The van der Waals surface area contributed by atoms with E-state index in [9.17, 15) is 5.11 Å². The molecule has 1 rings (SSSR count). The molecular formula is C16H28N2O2. The molecule has 0 fully saturated rings. The molecule has 1 aromatic rings. The van der Waals surface area contributed by atoms with Gasteiger partial charge in [0.1, 0.15) is 11.5 Å². The maximum atomic E-state index is 9.97. The first-order chi connectivity index (χ1) is 9.25. The molecule has 0 aliphatic rings. The number of nitrogens with zero attached hydrogens (tertiary/aromatic N) is 1. The van der Waals surface area contributed by atoms with E-state index in [0.717, 1.165) is 24.4 Å². The number of ether oxygens (including phenoxy) is 1. The summed E-state index contributed by atoms with van der Waals surface area (Å²) in [5, 5.41) is 13.5. The predicted octanol–water partition coefficient (Wildman–Crippen LogP) is 2.64. The molecule has 114 valence electrons. The molecule has 1 aromatic carbocycles. The van der Waals surface area contributed by atoms with Crippen molar-refractivity contribution in [2.75, 3.05) is 34.3 Å². The van der Waals surface area contributed by atoms with Gasteiger partial charge < -0.3 is 20.1 Å². The van der Waals surface area contributed by atoms with Crippen molar-refractivity contribution in [2.45, 2.75) is 26.8 Å². The van der Waals surface area contributed by atoms with Crippen molar-refractivity contribution in [2.24, 2.45) is 5.41 Å². The van der Waals surface area contributed by atoms with Gasteiger partial charge in [0.2, 0.25) is 0 Å². The number of rotatable bonds is 7. The van der Waals surface area contributed by atoms with Crippen LogP contribution in [0.2, 0.25) is 0 Å². The van der Waals surface area contributed by atoms with E-state index in [2.05, 4.69) is 45.1 Å². The summed E-state index contributed by atoms with van der Waals surface area (Å²) >= 11 is 0. The summed E-state index contributed by atoms with van der Waals surface area (Å²) in [5.74, 6) is 1.07. The Labute approximate surface area is 122 Å². The van der Waals surface area contributed by atoms with Crippen LogP contribution in [0.5, 0.6) is 11.5 Å². The molecule has 2 N–H and O–H groups in total. The van der Waals surface area contributed by atoms with E-state index < -0.39 is 0 Å². The molecule has 0 saturated heterocycles. The van der Waals surface area contributed by atoms with E-state index in [1.54, 1.807) is 19.2 Å². The fourth-order valence-corrected chi connectivity index (χ4v) is 2.46. The Bertz CT molecular complexity index is 430. The highest BCUT2D eigenvalue weighted by Crippen LogP contribution is 2.28. The van der Waals surface area contributed by atoms with Crippen molar-refractivity contribution >= 4 is 0 Å². The Hall–Kier alpha value is -1.26. The summed E-state index contributed by atoms with van der Waals surface area (Å²) in [6.45, 7) is 8.41. The van der Waals surface area contributed by atoms with Crippen molar-refractivity contribution in [1.82, 2.24) is 10.2 Å². The topological polar surface area (TPSA) is 44.7 Å². The lowest BCUT2D eigenvalue weighted by Crippen LogP contribution is -2.38. The minimum atomic E-state index is 0.0755. The lowest BCUT2D eigenvalue weighted by atomic mass is 9.92. The Morgan fingerprint density at radius 1 is 1.35 bits per heavy atom. The average molecular weight is 280 g/mol. The highest BCUT2D eigenvalue weighted by atomic mass is 16.5. The fraction of sp³-hybridized carbons (Fsp3) is 0.625. The number of hydrogen-bond acceptors (Lipinski definition) is 4. The molecule has 20 heavy (non-hydrogen) atoms. The minimum Gasteiger partial charge on any atom is -0.508 e. The van der Waals surface area contributed by atoms with Crippen LogP contribution in [-0.2, 0) is 0 Å². The molecule has 1 atom stereocenters. The number of methoxy groups -OCH3 is 1. The number of phenolic OH excluding ortho intramolecular Hbond substituents is 1. The molecular weight excluding hydrogens is 252 g/mol. The van der Waals surface area contributed by atoms with Crippen LogP contribution in [-0.4, -0.2) is 44.3 Å². The third kappa shape index (κ3) is 5.02. The molecule has 0 amide bonds. The first-order valence-electron chi connectivity index (χ1n) is 7.00. The van der Waals surface area contributed by atoms with Crippen LogP contribution >= 0.6 is 0 Å². The monoisotopic (exact) mass is 280 g/mol. The van der Waals surface area contributed by atoms with E-state index in [4.69, 9.17) is 4.74 Å². The largest absolute Gasteiger partial charge is 0.508 e. The Balaban J connectivity index is 2.69. The molecule has 4 heteroatoms. The van der Waals surface area contributed by atoms with Gasteiger partial charge in [-0.05, 0) is 44.6 Å². The van der Waals surface area contributed by atoms with Crippen LogP contribution in [0.3, 0.4) is 0 Å². The number of phenols is 1. The number of benzene rings is 1. The normalized spacial score (nSPS) is 13.6. The molecule has 0 bridgehead atoms. The molecule has 1 unspecified atom stereocenters. The Morgan fingerprint density at radius 2 is 2.00 bits per heavy atom. The molecule has 0 heterocycles. The molecule has 0 saturated carbocycles. The lowest BCUT2D eigenvalue weighted by molar-refractivity contribution is 0.226. The zero-order chi connectivity index (χ0) is 15.3. The Morgan fingerprint density at radius 3 is 2.55 bits per heavy atom. The first kappa shape index (κ1) is 16.8. The molecule has 0 aliphatic carbocycles. The SMILES string of the molecule is COc1ccc(O)c(C(C)NCC(C)(C)CN(C)C)c1. The summed E-state index contributed by atoms with van der Waals surface area (Å²) in [6, 6.07) is 5.40. The molecule has 0 aromatic heterocycles. The zero-order valence-corrected chi connectivity index (χ0v) is 13.5. The van der Waals surface area contributed by atoms with Gasteiger partial charge in [-0.2, -0.15) is 0 Å². The van der Waals surface area contributed by atoms with E-state index in [0.29, 0.717) is 5.75 Å². The van der Waals surface area contributed by atoms with Gasteiger partial charge >= 0.3 is 0 Å². The standard InChI is InChI=1S/C16H28N2O2/c1-12(17-10-16(2,3)11-18(4)5)14-9-13(20-6)7-8-15(14)19/h7-9,12,17,19H,10-11H2,1-6H3. The molecule has 4 nitrogen and oxygen atoms in total. The summed E-state index contributed by atoms with van der Waals surface area (Å²) in [7, 11) is 5.80. The molecule has 0 spiro atoms. The van der Waals surface area contributed by atoms with Crippen LogP contribution < -0.4 is 10.1 Å². The highest BCUT2D eigenvalue weighted by molar-refractivity contribution is 5.41.